The van der Waals surface area contributed by atoms with E-state index in [9.17, 15) is 9.59 Å². The molecule has 1 aromatic carbocycles. The minimum atomic E-state index is -0.726. The van der Waals surface area contributed by atoms with Gasteiger partial charge in [-0.25, -0.2) is 9.97 Å². The fourth-order valence-corrected chi connectivity index (χ4v) is 4.57. The molecule has 0 saturated heterocycles. The molecule has 7 nitrogen and oxygen atoms in total. The summed E-state index contributed by atoms with van der Waals surface area (Å²) < 4.78 is 7.69. The lowest BCUT2D eigenvalue weighted by Gasteiger charge is -2.08. The molecule has 0 saturated carbocycles. The minimum absolute atomic E-state index is 0.344. The molecule has 0 bridgehead atoms. The van der Waals surface area contributed by atoms with Crippen LogP contribution in [0.15, 0.2) is 36.7 Å². The summed E-state index contributed by atoms with van der Waals surface area (Å²) in [6.07, 6.45) is 3.11. The molecule has 4 rings (SSSR count). The molecule has 3 heterocycles. The standard InChI is InChI=1S/C23H21ClN4O3S/c1-12-7-16-17(8-13(12)2)28(11-20-26-10-18(24)32-20)14(3)21(16)22(29)23(30)27-15-5-6-25-19(9-15)31-4/h5-10H,11H2,1-4H3,(H,25,27,30). The molecule has 3 aromatic heterocycles. The van der Waals surface area contributed by atoms with Crippen LogP contribution in [0.2, 0.25) is 4.34 Å². The Morgan fingerprint density at radius 3 is 2.59 bits per heavy atom. The van der Waals surface area contributed by atoms with Gasteiger partial charge in [-0.3, -0.25) is 9.59 Å². The molecule has 32 heavy (non-hydrogen) atoms. The zero-order valence-corrected chi connectivity index (χ0v) is 19.6. The zero-order valence-electron chi connectivity index (χ0n) is 18.0. The number of nitrogens with one attached hydrogen (secondary N) is 1. The van der Waals surface area contributed by atoms with Gasteiger partial charge in [-0.15, -0.1) is 11.3 Å². The van der Waals surface area contributed by atoms with Crippen molar-refractivity contribution >= 4 is 51.2 Å². The van der Waals surface area contributed by atoms with E-state index < -0.39 is 11.7 Å². The molecule has 4 aromatic rings. The average molecular weight is 469 g/mol. The Morgan fingerprint density at radius 2 is 1.91 bits per heavy atom. The highest BCUT2D eigenvalue weighted by atomic mass is 35.5. The van der Waals surface area contributed by atoms with Gasteiger partial charge in [0, 0.05) is 34.5 Å². The number of Topliss-reactive ketones (excluding diaryl/α,β-unsaturated/α-hetero) is 1. The SMILES string of the molecule is COc1cc(NC(=O)C(=O)c2c(C)n(Cc3ncc(Cl)s3)c3cc(C)c(C)cc23)ccn1. The molecule has 164 valence electrons. The predicted octanol–water partition coefficient (Wildman–Crippen LogP) is 4.95. The topological polar surface area (TPSA) is 86.1 Å². The molecule has 0 unspecified atom stereocenters. The van der Waals surface area contributed by atoms with Gasteiger partial charge >= 0.3 is 0 Å². The van der Waals surface area contributed by atoms with Gasteiger partial charge in [-0.1, -0.05) is 11.6 Å². The number of carbonyl (C=O) groups is 2. The van der Waals surface area contributed by atoms with Gasteiger partial charge in [0.25, 0.3) is 11.7 Å². The van der Waals surface area contributed by atoms with Crippen LogP contribution in [0.25, 0.3) is 10.9 Å². The monoisotopic (exact) mass is 468 g/mol. The Kier molecular flexibility index (Phi) is 5.99. The van der Waals surface area contributed by atoms with Gasteiger partial charge in [0.2, 0.25) is 5.88 Å². The van der Waals surface area contributed by atoms with Gasteiger partial charge in [0.05, 0.1) is 25.4 Å². The molecule has 1 N–H and O–H groups in total. The van der Waals surface area contributed by atoms with E-state index in [2.05, 4.69) is 15.3 Å². The van der Waals surface area contributed by atoms with Crippen LogP contribution in [-0.4, -0.2) is 33.3 Å². The normalized spacial score (nSPS) is 11.0. The van der Waals surface area contributed by atoms with E-state index in [0.717, 1.165) is 27.0 Å². The van der Waals surface area contributed by atoms with Crippen LogP contribution in [0.5, 0.6) is 5.88 Å². The van der Waals surface area contributed by atoms with Crippen molar-refractivity contribution in [1.29, 1.82) is 0 Å². The largest absolute Gasteiger partial charge is 0.481 e. The molecule has 0 atom stereocenters. The van der Waals surface area contributed by atoms with Gasteiger partial charge in [0.1, 0.15) is 9.34 Å². The van der Waals surface area contributed by atoms with Crippen LogP contribution >= 0.6 is 22.9 Å². The molecule has 1 amide bonds. The molecule has 0 fully saturated rings. The van der Waals surface area contributed by atoms with Crippen LogP contribution in [0.1, 0.15) is 32.2 Å². The number of benzene rings is 1. The number of halogens is 1. The molecule has 0 aliphatic rings. The number of ether oxygens (including phenoxy) is 1. The van der Waals surface area contributed by atoms with Crippen molar-refractivity contribution in [1.82, 2.24) is 14.5 Å². The first kappa shape index (κ1) is 22.0. The zero-order chi connectivity index (χ0) is 23.0. The second kappa shape index (κ2) is 8.72. The van der Waals surface area contributed by atoms with Crippen molar-refractivity contribution in [2.24, 2.45) is 0 Å². The predicted molar refractivity (Wildman–Crippen MR) is 126 cm³/mol. The summed E-state index contributed by atoms with van der Waals surface area (Å²) in [5.74, 6) is -0.991. The summed E-state index contributed by atoms with van der Waals surface area (Å²) in [5, 5.41) is 4.21. The lowest BCUT2D eigenvalue weighted by molar-refractivity contribution is -0.112. The van der Waals surface area contributed by atoms with E-state index in [1.165, 1.54) is 24.6 Å². The van der Waals surface area contributed by atoms with E-state index in [1.807, 2.05) is 37.5 Å². The minimum Gasteiger partial charge on any atom is -0.481 e. The van der Waals surface area contributed by atoms with E-state index in [0.29, 0.717) is 33.7 Å². The molecule has 0 aliphatic carbocycles. The fourth-order valence-electron chi connectivity index (χ4n) is 3.62. The number of aromatic nitrogens is 3. The number of methoxy groups -OCH3 is 1. The molecule has 0 radical (unpaired) electrons. The molecular weight excluding hydrogens is 448 g/mol. The molecule has 9 heteroatoms. The summed E-state index contributed by atoms with van der Waals surface area (Å²) in [6.45, 7) is 6.31. The number of thiazole rings is 1. The third-order valence-corrected chi connectivity index (χ3v) is 6.49. The van der Waals surface area contributed by atoms with Gasteiger partial charge < -0.3 is 14.6 Å². The highest BCUT2D eigenvalue weighted by molar-refractivity contribution is 7.15. The van der Waals surface area contributed by atoms with Crippen LogP contribution in [0.4, 0.5) is 5.69 Å². The number of nitrogens with zero attached hydrogens (tertiary/aromatic N) is 3. The van der Waals surface area contributed by atoms with E-state index in [1.54, 1.807) is 18.3 Å². The van der Waals surface area contributed by atoms with Crippen LogP contribution in [0, 0.1) is 20.8 Å². The smallest absolute Gasteiger partial charge is 0.296 e. The average Bonchev–Trinajstić information content (AvgIpc) is 3.29. The molecule has 0 aliphatic heterocycles. The van der Waals surface area contributed by atoms with Crippen LogP contribution in [0.3, 0.4) is 0 Å². The maximum atomic E-state index is 13.3. The van der Waals surface area contributed by atoms with Crippen LogP contribution < -0.4 is 10.1 Å². The summed E-state index contributed by atoms with van der Waals surface area (Å²) in [6, 6.07) is 7.15. The number of ketones is 1. The Morgan fingerprint density at radius 1 is 1.16 bits per heavy atom. The Hall–Kier alpha value is -3.23. The number of hydrogen-bond acceptors (Lipinski definition) is 6. The second-order valence-electron chi connectivity index (χ2n) is 7.43. The lowest BCUT2D eigenvalue weighted by atomic mass is 10.0. The summed E-state index contributed by atoms with van der Waals surface area (Å²) in [4.78, 5) is 34.5. The third kappa shape index (κ3) is 4.11. The van der Waals surface area contributed by atoms with E-state index in [-0.39, 0.29) is 0 Å². The number of anilines is 1. The second-order valence-corrected chi connectivity index (χ2v) is 9.17. The maximum absolute atomic E-state index is 13.3. The van der Waals surface area contributed by atoms with Crippen molar-refractivity contribution < 1.29 is 14.3 Å². The Balaban J connectivity index is 1.76. The number of fused-ring (bicyclic) bond motifs is 1. The van der Waals surface area contributed by atoms with Crippen LogP contribution in [-0.2, 0) is 11.3 Å². The van der Waals surface area contributed by atoms with Crippen molar-refractivity contribution in [2.75, 3.05) is 12.4 Å². The van der Waals surface area contributed by atoms with Crippen molar-refractivity contribution in [3.05, 3.63) is 68.4 Å². The third-order valence-electron chi connectivity index (χ3n) is 5.39. The summed E-state index contributed by atoms with van der Waals surface area (Å²) in [5.41, 5.74) is 4.52. The molecule has 0 spiro atoms. The first-order valence-corrected chi connectivity index (χ1v) is 11.0. The molecular formula is C23H21ClN4O3S. The number of aryl methyl sites for hydroxylation is 2. The Bertz CT molecular complexity index is 1360. The summed E-state index contributed by atoms with van der Waals surface area (Å²) >= 11 is 7.44. The number of carbonyl (C=O) groups excluding carboxylic acids is 2. The van der Waals surface area contributed by atoms with Crippen molar-refractivity contribution in [3.63, 3.8) is 0 Å². The van der Waals surface area contributed by atoms with Crippen molar-refractivity contribution in [2.45, 2.75) is 27.3 Å². The quantitative estimate of drug-likeness (QED) is 0.319. The van der Waals surface area contributed by atoms with Crippen molar-refractivity contribution in [3.8, 4) is 5.88 Å². The van der Waals surface area contributed by atoms with E-state index >= 15 is 0 Å². The fraction of sp³-hybridized carbons (Fsp3) is 0.217. The number of hydrogen-bond donors (Lipinski definition) is 1. The first-order valence-electron chi connectivity index (χ1n) is 9.84. The van der Waals surface area contributed by atoms with E-state index in [4.69, 9.17) is 16.3 Å². The van der Waals surface area contributed by atoms with Gasteiger partial charge in [-0.2, -0.15) is 0 Å². The number of rotatable bonds is 6. The first-order chi connectivity index (χ1) is 15.3. The number of amides is 1. The van der Waals surface area contributed by atoms with Gasteiger partial charge in [0.15, 0.2) is 0 Å². The lowest BCUT2D eigenvalue weighted by Crippen LogP contribution is -2.23. The Labute approximate surface area is 194 Å². The maximum Gasteiger partial charge on any atom is 0.296 e. The highest BCUT2D eigenvalue weighted by Gasteiger charge is 2.26. The summed E-state index contributed by atoms with van der Waals surface area (Å²) in [7, 11) is 1.48. The highest BCUT2D eigenvalue weighted by Crippen LogP contribution is 2.31. The number of pyridine rings is 1. The van der Waals surface area contributed by atoms with Gasteiger partial charge in [-0.05, 0) is 50.1 Å².